The van der Waals surface area contributed by atoms with Gasteiger partial charge in [0.05, 0.1) is 17.4 Å². The Morgan fingerprint density at radius 2 is 1.87 bits per heavy atom. The molecule has 6 aliphatic rings. The lowest BCUT2D eigenvalue weighted by Gasteiger charge is -2.72. The Balaban J connectivity index is 1.80. The molecule has 31 heavy (non-hydrogen) atoms. The van der Waals surface area contributed by atoms with Crippen LogP contribution in [-0.4, -0.2) is 47.4 Å². The number of aliphatic hydroxyl groups is 1. The molecular formula is C24H30O7. The second kappa shape index (κ2) is 6.07. The lowest BCUT2D eigenvalue weighted by atomic mass is 9.37. The van der Waals surface area contributed by atoms with E-state index in [2.05, 4.69) is 6.58 Å². The van der Waals surface area contributed by atoms with Crippen LogP contribution in [0.2, 0.25) is 0 Å². The number of ketones is 1. The third kappa shape index (κ3) is 2.24. The van der Waals surface area contributed by atoms with Gasteiger partial charge >= 0.3 is 11.9 Å². The Bertz CT molecular complexity index is 934. The van der Waals surface area contributed by atoms with E-state index < -0.39 is 52.1 Å². The van der Waals surface area contributed by atoms with Gasteiger partial charge in [0.15, 0.2) is 11.9 Å². The number of ether oxygens (including phenoxy) is 3. The van der Waals surface area contributed by atoms with Crippen molar-refractivity contribution < 1.29 is 33.7 Å². The predicted octanol–water partition coefficient (Wildman–Crippen LogP) is 2.32. The van der Waals surface area contributed by atoms with Crippen LogP contribution < -0.4 is 0 Å². The SMILES string of the molecule is C=C1C2CCC3C45COC(O)(C(OC(C)=O)C4C(C)(C)C=CC5=O)C3(C2)C1OC(C)=O. The predicted molar refractivity (Wildman–Crippen MR) is 108 cm³/mol. The average Bonchev–Trinajstić information content (AvgIpc) is 2.87. The van der Waals surface area contributed by atoms with Crippen LogP contribution in [0.3, 0.4) is 0 Å². The minimum absolute atomic E-state index is 0.0441. The summed E-state index contributed by atoms with van der Waals surface area (Å²) in [5.74, 6) is -3.70. The number of carbonyl (C=O) groups excluding carboxylic acids is 3. The van der Waals surface area contributed by atoms with Gasteiger partial charge in [0, 0.05) is 19.8 Å². The van der Waals surface area contributed by atoms with Gasteiger partial charge < -0.3 is 19.3 Å². The standard InChI is InChI=1S/C24H30O7/c1-12-15-6-7-16-22-11-29-24(28,23(16,10-15)19(12)30-13(2)25)20(31-14(3)26)18(22)21(4,5)9-8-17(22)27/h8-9,15-16,18-20,28H,1,6-7,10-11H2,2-5H3. The molecule has 0 aromatic carbocycles. The highest BCUT2D eigenvalue weighted by Crippen LogP contribution is 2.77. The van der Waals surface area contributed by atoms with Crippen LogP contribution in [0, 0.1) is 34.0 Å². The summed E-state index contributed by atoms with van der Waals surface area (Å²) in [6.07, 6.45) is 3.57. The molecule has 168 valence electrons. The van der Waals surface area contributed by atoms with Crippen LogP contribution in [0.4, 0.5) is 0 Å². The fourth-order valence-electron chi connectivity index (χ4n) is 8.02. The molecule has 0 radical (unpaired) electrons. The molecule has 2 saturated heterocycles. The quantitative estimate of drug-likeness (QED) is 0.530. The van der Waals surface area contributed by atoms with Gasteiger partial charge in [0.2, 0.25) is 5.79 Å². The van der Waals surface area contributed by atoms with Crippen LogP contribution in [0.15, 0.2) is 24.3 Å². The normalized spacial score (nSPS) is 48.7. The molecule has 2 aliphatic heterocycles. The molecule has 2 heterocycles. The van der Waals surface area contributed by atoms with Crippen LogP contribution in [-0.2, 0) is 28.6 Å². The number of hydrogen-bond donors (Lipinski definition) is 1. The highest BCUT2D eigenvalue weighted by molar-refractivity contribution is 5.97. The second-order valence-corrected chi connectivity index (χ2v) is 10.7. The Morgan fingerprint density at radius 1 is 1.19 bits per heavy atom. The molecule has 0 aromatic heterocycles. The fourth-order valence-corrected chi connectivity index (χ4v) is 8.02. The topological polar surface area (TPSA) is 99.1 Å². The molecule has 3 saturated carbocycles. The van der Waals surface area contributed by atoms with Crippen molar-refractivity contribution in [1.29, 1.82) is 0 Å². The molecule has 0 amide bonds. The van der Waals surface area contributed by atoms with E-state index in [4.69, 9.17) is 14.2 Å². The van der Waals surface area contributed by atoms with Gasteiger partial charge in [-0.2, -0.15) is 0 Å². The second-order valence-electron chi connectivity index (χ2n) is 10.7. The number of fused-ring (bicyclic) bond motifs is 2. The van der Waals surface area contributed by atoms with Gasteiger partial charge in [-0.05, 0) is 48.2 Å². The maximum atomic E-state index is 13.6. The first-order valence-corrected chi connectivity index (χ1v) is 11.0. The molecule has 6 rings (SSSR count). The van der Waals surface area contributed by atoms with E-state index in [1.54, 1.807) is 6.08 Å². The molecule has 4 bridgehead atoms. The van der Waals surface area contributed by atoms with Crippen LogP contribution in [0.5, 0.6) is 0 Å². The van der Waals surface area contributed by atoms with Crippen molar-refractivity contribution in [2.45, 2.75) is 65.0 Å². The van der Waals surface area contributed by atoms with Crippen molar-refractivity contribution in [3.05, 3.63) is 24.3 Å². The summed E-state index contributed by atoms with van der Waals surface area (Å²) in [5, 5.41) is 12.3. The van der Waals surface area contributed by atoms with E-state index in [0.717, 1.165) is 12.0 Å². The molecule has 7 heteroatoms. The van der Waals surface area contributed by atoms with Gasteiger partial charge in [0.25, 0.3) is 0 Å². The zero-order valence-corrected chi connectivity index (χ0v) is 18.5. The van der Waals surface area contributed by atoms with E-state index in [0.29, 0.717) is 12.8 Å². The van der Waals surface area contributed by atoms with Crippen LogP contribution in [0.1, 0.15) is 47.0 Å². The molecular weight excluding hydrogens is 400 g/mol. The maximum absolute atomic E-state index is 13.6. The monoisotopic (exact) mass is 430 g/mol. The summed E-state index contributed by atoms with van der Waals surface area (Å²) in [7, 11) is 0. The fraction of sp³-hybridized carbons (Fsp3) is 0.708. The van der Waals surface area contributed by atoms with Gasteiger partial charge in [-0.25, -0.2) is 0 Å². The van der Waals surface area contributed by atoms with Crippen LogP contribution in [0.25, 0.3) is 0 Å². The maximum Gasteiger partial charge on any atom is 0.303 e. The Kier molecular flexibility index (Phi) is 4.09. The first-order valence-electron chi connectivity index (χ1n) is 11.0. The molecule has 4 aliphatic carbocycles. The number of carbonyl (C=O) groups is 3. The highest BCUT2D eigenvalue weighted by atomic mass is 16.7. The number of rotatable bonds is 2. The van der Waals surface area contributed by atoms with Crippen LogP contribution >= 0.6 is 0 Å². The lowest BCUT2D eigenvalue weighted by Crippen LogP contribution is -2.83. The first-order chi connectivity index (χ1) is 14.4. The van der Waals surface area contributed by atoms with E-state index in [-0.39, 0.29) is 24.2 Å². The molecule has 2 spiro atoms. The average molecular weight is 430 g/mol. The zero-order valence-electron chi connectivity index (χ0n) is 18.5. The van der Waals surface area contributed by atoms with E-state index in [1.807, 2.05) is 19.9 Å². The van der Waals surface area contributed by atoms with Crippen molar-refractivity contribution in [1.82, 2.24) is 0 Å². The molecule has 8 unspecified atom stereocenters. The zero-order chi connectivity index (χ0) is 22.6. The molecule has 8 atom stereocenters. The molecule has 1 N–H and O–H groups in total. The van der Waals surface area contributed by atoms with Crippen molar-refractivity contribution in [3.63, 3.8) is 0 Å². The smallest absolute Gasteiger partial charge is 0.303 e. The highest BCUT2D eigenvalue weighted by Gasteiger charge is 2.85. The van der Waals surface area contributed by atoms with Gasteiger partial charge in [-0.15, -0.1) is 0 Å². The number of allylic oxidation sites excluding steroid dienone is 2. The molecule has 7 nitrogen and oxygen atoms in total. The summed E-state index contributed by atoms with van der Waals surface area (Å²) in [6.45, 7) is 10.9. The lowest BCUT2D eigenvalue weighted by molar-refractivity contribution is -0.441. The molecule has 5 fully saturated rings. The third-order valence-corrected chi connectivity index (χ3v) is 8.90. The van der Waals surface area contributed by atoms with E-state index >= 15 is 0 Å². The Hall–Kier alpha value is -1.99. The minimum atomic E-state index is -1.89. The number of esters is 2. The number of hydrogen-bond acceptors (Lipinski definition) is 7. The summed E-state index contributed by atoms with van der Waals surface area (Å²) >= 11 is 0. The largest absolute Gasteiger partial charge is 0.457 e. The minimum Gasteiger partial charge on any atom is -0.457 e. The van der Waals surface area contributed by atoms with Crippen molar-refractivity contribution in [2.75, 3.05) is 6.61 Å². The summed E-state index contributed by atoms with van der Waals surface area (Å²) in [6, 6.07) is 0. The van der Waals surface area contributed by atoms with Gasteiger partial charge in [0.1, 0.15) is 6.10 Å². The van der Waals surface area contributed by atoms with Crippen molar-refractivity contribution >= 4 is 17.7 Å². The summed E-state index contributed by atoms with van der Waals surface area (Å²) in [4.78, 5) is 37.9. The van der Waals surface area contributed by atoms with E-state index in [1.165, 1.54) is 13.8 Å². The van der Waals surface area contributed by atoms with Crippen molar-refractivity contribution in [3.8, 4) is 0 Å². The first kappa shape index (κ1) is 20.9. The van der Waals surface area contributed by atoms with Gasteiger partial charge in [-0.3, -0.25) is 14.4 Å². The Labute approximate surface area is 181 Å². The summed E-state index contributed by atoms with van der Waals surface area (Å²) in [5.41, 5.74) is -1.84. The van der Waals surface area contributed by atoms with Gasteiger partial charge in [-0.1, -0.05) is 26.5 Å². The Morgan fingerprint density at radius 3 is 2.52 bits per heavy atom. The van der Waals surface area contributed by atoms with Crippen molar-refractivity contribution in [2.24, 2.45) is 34.0 Å². The third-order valence-electron chi connectivity index (χ3n) is 8.90. The molecule has 0 aromatic rings. The summed E-state index contributed by atoms with van der Waals surface area (Å²) < 4.78 is 17.7. The van der Waals surface area contributed by atoms with E-state index in [9.17, 15) is 19.5 Å².